The Hall–Kier alpha value is -0.890. The number of sulfonamides is 1. The van der Waals surface area contributed by atoms with Crippen LogP contribution in [0.1, 0.15) is 18.6 Å². The van der Waals surface area contributed by atoms with Gasteiger partial charge in [0.25, 0.3) is 10.0 Å². The summed E-state index contributed by atoms with van der Waals surface area (Å²) >= 11 is 0. The summed E-state index contributed by atoms with van der Waals surface area (Å²) in [4.78, 5) is 2.29. The first-order valence-corrected chi connectivity index (χ1v) is 8.40. The fourth-order valence-corrected chi connectivity index (χ4v) is 3.41. The third-order valence-corrected chi connectivity index (χ3v) is 5.31. The minimum atomic E-state index is -3.52. The van der Waals surface area contributed by atoms with E-state index in [4.69, 9.17) is 4.42 Å². The van der Waals surface area contributed by atoms with Gasteiger partial charge in [0.1, 0.15) is 5.76 Å². The van der Waals surface area contributed by atoms with E-state index in [0.29, 0.717) is 18.8 Å². The zero-order chi connectivity index (χ0) is 14.6. The van der Waals surface area contributed by atoms with Gasteiger partial charge in [0.05, 0.1) is 6.54 Å². The zero-order valence-electron chi connectivity index (χ0n) is 12.1. The Morgan fingerprint density at radius 1 is 1.35 bits per heavy atom. The molecule has 1 aromatic heterocycles. The Morgan fingerprint density at radius 3 is 2.70 bits per heavy atom. The first-order valence-electron chi connectivity index (χ1n) is 6.96. The molecule has 1 aliphatic rings. The van der Waals surface area contributed by atoms with Gasteiger partial charge in [-0.25, -0.2) is 8.42 Å². The van der Waals surface area contributed by atoms with Crippen LogP contribution in [0.3, 0.4) is 0 Å². The molecule has 1 fully saturated rings. The minimum Gasteiger partial charge on any atom is -0.447 e. The van der Waals surface area contributed by atoms with Gasteiger partial charge in [-0.2, -0.15) is 4.31 Å². The summed E-state index contributed by atoms with van der Waals surface area (Å²) in [7, 11) is -0.123. The molecule has 20 heavy (non-hydrogen) atoms. The van der Waals surface area contributed by atoms with Crippen molar-refractivity contribution in [3.05, 3.63) is 17.9 Å². The van der Waals surface area contributed by atoms with Crippen molar-refractivity contribution in [2.75, 3.05) is 40.3 Å². The molecule has 1 saturated heterocycles. The second kappa shape index (κ2) is 6.71. The van der Waals surface area contributed by atoms with Crippen LogP contribution in [0.4, 0.5) is 0 Å². The van der Waals surface area contributed by atoms with Gasteiger partial charge in [0, 0.05) is 20.1 Å². The standard InChI is InChI=1S/C13H23N3O3S/c1-14-11-12-5-6-13(19-12)20(17,18)15(2)9-10-16-7-3-4-8-16/h5-6,14H,3-4,7-11H2,1-2H3. The average molecular weight is 301 g/mol. The molecule has 0 spiro atoms. The van der Waals surface area contributed by atoms with Gasteiger partial charge in [0.15, 0.2) is 0 Å². The highest BCUT2D eigenvalue weighted by Crippen LogP contribution is 2.18. The summed E-state index contributed by atoms with van der Waals surface area (Å²) < 4.78 is 31.4. The number of rotatable bonds is 7. The molecular weight excluding hydrogens is 278 g/mol. The number of nitrogens with zero attached hydrogens (tertiary/aromatic N) is 2. The summed E-state index contributed by atoms with van der Waals surface area (Å²) in [5.41, 5.74) is 0. The summed E-state index contributed by atoms with van der Waals surface area (Å²) in [6, 6.07) is 3.21. The Balaban J connectivity index is 1.96. The number of hydrogen-bond acceptors (Lipinski definition) is 5. The molecule has 114 valence electrons. The van der Waals surface area contributed by atoms with Crippen LogP contribution >= 0.6 is 0 Å². The molecule has 0 radical (unpaired) electrons. The molecule has 2 rings (SSSR count). The number of likely N-dealkylation sites (N-methyl/N-ethyl adjacent to an activating group) is 1. The van der Waals surface area contributed by atoms with Crippen molar-refractivity contribution in [3.63, 3.8) is 0 Å². The van der Waals surface area contributed by atoms with Gasteiger partial charge in [0.2, 0.25) is 5.09 Å². The average Bonchev–Trinajstić information content (AvgIpc) is 3.07. The highest BCUT2D eigenvalue weighted by atomic mass is 32.2. The minimum absolute atomic E-state index is 0.0201. The lowest BCUT2D eigenvalue weighted by atomic mass is 10.4. The molecule has 0 aromatic carbocycles. The number of furan rings is 1. The molecule has 0 amide bonds. The van der Waals surface area contributed by atoms with Crippen LogP contribution < -0.4 is 5.32 Å². The van der Waals surface area contributed by atoms with Crippen LogP contribution in [0.15, 0.2) is 21.6 Å². The van der Waals surface area contributed by atoms with Crippen molar-refractivity contribution >= 4 is 10.0 Å². The molecule has 0 bridgehead atoms. The fraction of sp³-hybridized carbons (Fsp3) is 0.692. The zero-order valence-corrected chi connectivity index (χ0v) is 12.9. The van der Waals surface area contributed by atoms with Crippen LogP contribution in [0.2, 0.25) is 0 Å². The Morgan fingerprint density at radius 2 is 2.05 bits per heavy atom. The summed E-state index contributed by atoms with van der Waals surface area (Å²) in [5, 5.41) is 2.95. The summed E-state index contributed by atoms with van der Waals surface area (Å²) in [6.07, 6.45) is 2.42. The molecule has 1 aliphatic heterocycles. The third-order valence-electron chi connectivity index (χ3n) is 3.58. The third kappa shape index (κ3) is 3.60. The van der Waals surface area contributed by atoms with Gasteiger partial charge in [-0.05, 0) is 45.1 Å². The Labute approximate surface area is 120 Å². The normalized spacial score (nSPS) is 17.1. The van der Waals surface area contributed by atoms with Crippen LogP contribution in [0.25, 0.3) is 0 Å². The molecule has 1 N–H and O–H groups in total. The number of hydrogen-bond donors (Lipinski definition) is 1. The lowest BCUT2D eigenvalue weighted by Crippen LogP contribution is -2.35. The lowest BCUT2D eigenvalue weighted by Gasteiger charge is -2.20. The van der Waals surface area contributed by atoms with Gasteiger partial charge in [-0.15, -0.1) is 0 Å². The van der Waals surface area contributed by atoms with Gasteiger partial charge in [-0.3, -0.25) is 0 Å². The van der Waals surface area contributed by atoms with Crippen molar-refractivity contribution < 1.29 is 12.8 Å². The van der Waals surface area contributed by atoms with Crippen molar-refractivity contribution in [2.24, 2.45) is 0 Å². The monoisotopic (exact) mass is 301 g/mol. The van der Waals surface area contributed by atoms with E-state index < -0.39 is 10.0 Å². The van der Waals surface area contributed by atoms with Crippen LogP contribution in [-0.2, 0) is 16.6 Å². The molecule has 2 heterocycles. The van der Waals surface area contributed by atoms with E-state index >= 15 is 0 Å². The molecule has 7 heteroatoms. The van der Waals surface area contributed by atoms with Gasteiger partial charge >= 0.3 is 0 Å². The quantitative estimate of drug-likeness (QED) is 0.804. The second-order valence-corrected chi connectivity index (χ2v) is 7.10. The second-order valence-electron chi connectivity index (χ2n) is 5.13. The van der Waals surface area contributed by atoms with Crippen LogP contribution in [0, 0.1) is 0 Å². The summed E-state index contributed by atoms with van der Waals surface area (Å²) in [6.45, 7) is 3.93. The molecule has 6 nitrogen and oxygen atoms in total. The van der Waals surface area contributed by atoms with E-state index in [0.717, 1.165) is 19.6 Å². The topological polar surface area (TPSA) is 65.8 Å². The van der Waals surface area contributed by atoms with Crippen molar-refractivity contribution in [1.82, 2.24) is 14.5 Å². The van der Waals surface area contributed by atoms with Crippen molar-refractivity contribution in [3.8, 4) is 0 Å². The predicted molar refractivity (Wildman–Crippen MR) is 77.0 cm³/mol. The van der Waals surface area contributed by atoms with E-state index in [1.54, 1.807) is 20.2 Å². The SMILES string of the molecule is CNCc1ccc(S(=O)(=O)N(C)CCN2CCCC2)o1. The van der Waals surface area contributed by atoms with Gasteiger partial charge < -0.3 is 14.6 Å². The number of likely N-dealkylation sites (tertiary alicyclic amines) is 1. The van der Waals surface area contributed by atoms with E-state index in [-0.39, 0.29) is 5.09 Å². The maximum Gasteiger partial charge on any atom is 0.276 e. The molecule has 0 atom stereocenters. The smallest absolute Gasteiger partial charge is 0.276 e. The molecule has 1 aromatic rings. The molecule has 0 aliphatic carbocycles. The van der Waals surface area contributed by atoms with E-state index in [1.807, 2.05) is 0 Å². The highest BCUT2D eigenvalue weighted by Gasteiger charge is 2.25. The van der Waals surface area contributed by atoms with Crippen LogP contribution in [-0.4, -0.2) is 57.9 Å². The van der Waals surface area contributed by atoms with Crippen molar-refractivity contribution in [1.29, 1.82) is 0 Å². The Bertz CT molecular complexity index is 521. The molecule has 0 unspecified atom stereocenters. The van der Waals surface area contributed by atoms with Gasteiger partial charge in [-0.1, -0.05) is 0 Å². The van der Waals surface area contributed by atoms with E-state index in [9.17, 15) is 8.42 Å². The fourth-order valence-electron chi connectivity index (χ4n) is 2.33. The lowest BCUT2D eigenvalue weighted by molar-refractivity contribution is 0.305. The maximum absolute atomic E-state index is 12.3. The first-order chi connectivity index (χ1) is 9.54. The predicted octanol–water partition coefficient (Wildman–Crippen LogP) is 0.715. The van der Waals surface area contributed by atoms with E-state index in [2.05, 4.69) is 10.2 Å². The van der Waals surface area contributed by atoms with E-state index in [1.165, 1.54) is 23.2 Å². The first kappa shape index (κ1) is 15.5. The summed E-state index contributed by atoms with van der Waals surface area (Å²) in [5.74, 6) is 0.624. The highest BCUT2D eigenvalue weighted by molar-refractivity contribution is 7.89. The van der Waals surface area contributed by atoms with Crippen molar-refractivity contribution in [2.45, 2.75) is 24.5 Å². The molecular formula is C13H23N3O3S. The molecule has 0 saturated carbocycles. The largest absolute Gasteiger partial charge is 0.447 e. The number of nitrogens with one attached hydrogen (secondary N) is 1. The Kier molecular flexibility index (Phi) is 5.20. The van der Waals surface area contributed by atoms with Crippen LogP contribution in [0.5, 0.6) is 0 Å². The maximum atomic E-state index is 12.3.